The summed E-state index contributed by atoms with van der Waals surface area (Å²) in [5.41, 5.74) is 0.182. The number of pyridine rings is 2. The number of aromatic nitrogens is 2. The molecule has 8 N–H and O–H groups in total. The van der Waals surface area contributed by atoms with Gasteiger partial charge in [0.2, 0.25) is 0 Å². The minimum absolute atomic E-state index is 0. The van der Waals surface area contributed by atoms with Gasteiger partial charge in [-0.3, -0.25) is 0 Å². The summed E-state index contributed by atoms with van der Waals surface area (Å²) in [5.74, 6) is -2.78. The van der Waals surface area contributed by atoms with Crippen LogP contribution in [0.4, 0.5) is 0 Å². The molecule has 4 rings (SSSR count). The molecule has 0 saturated heterocycles. The molecule has 12 heteroatoms. The van der Waals surface area contributed by atoms with Gasteiger partial charge >= 0.3 is 16.8 Å². The smallest absolute Gasteiger partial charge is 0.543 e. The van der Waals surface area contributed by atoms with E-state index in [1.165, 1.54) is 24.3 Å². The van der Waals surface area contributed by atoms with E-state index >= 15 is 0 Å². The summed E-state index contributed by atoms with van der Waals surface area (Å²) in [6, 6.07) is 15.6. The molecule has 2 aromatic heterocycles. The molecule has 0 fully saturated rings. The van der Waals surface area contributed by atoms with Gasteiger partial charge in [-0.25, -0.2) is 9.97 Å². The Morgan fingerprint density at radius 3 is 1.28 bits per heavy atom. The average Bonchev–Trinajstić information content (AvgIpc) is 2.68. The van der Waals surface area contributed by atoms with Crippen molar-refractivity contribution < 1.29 is 63.2 Å². The maximum atomic E-state index is 10.5. The van der Waals surface area contributed by atoms with Gasteiger partial charge < -0.3 is 46.4 Å². The number of carboxylic acid groups (broad SMARTS) is 2. The van der Waals surface area contributed by atoms with Crippen LogP contribution in [-0.2, 0) is 16.8 Å². The number of para-hydroxylation sites is 2. The first-order chi connectivity index (χ1) is 13.4. The van der Waals surface area contributed by atoms with E-state index in [1.807, 2.05) is 0 Å². The van der Waals surface area contributed by atoms with Crippen LogP contribution in [0.25, 0.3) is 21.8 Å². The Bertz CT molecular complexity index is 1120. The van der Waals surface area contributed by atoms with Gasteiger partial charge in [0.25, 0.3) is 0 Å². The number of hydrogen-bond acceptors (Lipinski definition) is 8. The first-order valence-corrected chi connectivity index (χ1v) is 7.97. The Morgan fingerprint density at radius 2 is 0.969 bits per heavy atom. The second kappa shape index (κ2) is 12.8. The number of aromatic carboxylic acids is 2. The first-order valence-electron chi connectivity index (χ1n) is 7.97. The third-order valence-corrected chi connectivity index (χ3v) is 3.82. The van der Waals surface area contributed by atoms with E-state index in [9.17, 15) is 30.0 Å². The number of fused-ring (bicyclic) bond motifs is 2. The van der Waals surface area contributed by atoms with Crippen LogP contribution >= 0.6 is 0 Å². The van der Waals surface area contributed by atoms with Gasteiger partial charge in [-0.15, -0.1) is 0 Å². The summed E-state index contributed by atoms with van der Waals surface area (Å²) in [5, 5.41) is 41.2. The van der Waals surface area contributed by atoms with Gasteiger partial charge in [-0.2, -0.15) is 0 Å². The van der Waals surface area contributed by atoms with Crippen LogP contribution in [-0.4, -0.2) is 48.5 Å². The van der Waals surface area contributed by atoms with Gasteiger partial charge in [0.1, 0.15) is 22.5 Å². The zero-order valence-electron chi connectivity index (χ0n) is 16.0. The number of aromatic hydroxyl groups is 2. The number of carbonyl (C=O) groups excluding carboxylic acids is 2. The zero-order chi connectivity index (χ0) is 20.3. The summed E-state index contributed by atoms with van der Waals surface area (Å²) in [6.07, 6.45) is 0. The number of carbonyl (C=O) groups is 2. The predicted octanol–water partition coefficient (Wildman–Crippen LogP) is -1.87. The summed E-state index contributed by atoms with van der Waals surface area (Å²) in [4.78, 5) is 28.5. The van der Waals surface area contributed by atoms with Crippen LogP contribution in [0.5, 0.6) is 11.5 Å². The third-order valence-electron chi connectivity index (χ3n) is 3.82. The fraction of sp³-hybridized carbons (Fsp3) is 0. The Morgan fingerprint density at radius 1 is 0.625 bits per heavy atom. The number of nitrogens with zero attached hydrogens (tertiary/aromatic N) is 2. The quantitative estimate of drug-likeness (QED) is 0.322. The minimum atomic E-state index is -1.35. The van der Waals surface area contributed by atoms with Gasteiger partial charge in [0.15, 0.2) is 0 Å². The van der Waals surface area contributed by atoms with Crippen molar-refractivity contribution in [2.45, 2.75) is 0 Å². The van der Waals surface area contributed by atoms with Crippen molar-refractivity contribution in [3.05, 3.63) is 72.1 Å². The van der Waals surface area contributed by atoms with Crippen molar-refractivity contribution in [2.24, 2.45) is 0 Å². The van der Waals surface area contributed by atoms with Crippen LogP contribution in [0.15, 0.2) is 60.7 Å². The number of rotatable bonds is 2. The Hall–Kier alpha value is -3.81. The van der Waals surface area contributed by atoms with Gasteiger partial charge in [-0.05, 0) is 24.3 Å². The number of phenols is 2. The molecule has 2 aromatic carbocycles. The number of benzene rings is 2. The molecule has 0 aliphatic carbocycles. The van der Waals surface area contributed by atoms with E-state index in [-0.39, 0.29) is 67.1 Å². The second-order valence-electron chi connectivity index (χ2n) is 5.67. The molecule has 0 saturated carbocycles. The normalized spacial score (nSPS) is 9.00. The number of phenolic OH excluding ortho intramolecular Hbond substituents is 2. The van der Waals surface area contributed by atoms with Crippen molar-refractivity contribution in [3.8, 4) is 11.5 Å². The molecule has 1 radical (unpaired) electrons. The summed E-state index contributed by atoms with van der Waals surface area (Å²) < 4.78 is 0. The van der Waals surface area contributed by atoms with Crippen LogP contribution in [0.3, 0.4) is 0 Å². The van der Waals surface area contributed by atoms with Crippen molar-refractivity contribution >= 4 is 33.7 Å². The zero-order valence-corrected chi connectivity index (χ0v) is 17.1. The standard InChI is InChI=1S/2C10H7NO3.Co.3H2O/c2*12-8-3-1-2-6-4-5-7(10(13)14)11-9(6)8;;;;/h2*1-5,12H,(H,13,14);;3*1H2/q;;+2;;;/p-2. The van der Waals surface area contributed by atoms with Gasteiger partial charge in [-0.1, -0.05) is 36.4 Å². The Kier molecular flexibility index (Phi) is 12.1. The average molecular weight is 489 g/mol. The van der Waals surface area contributed by atoms with E-state index in [4.69, 9.17) is 0 Å². The molecule has 4 aromatic rings. The molecule has 0 spiro atoms. The molecule has 0 aliphatic rings. The predicted molar refractivity (Wildman–Crippen MR) is 106 cm³/mol. The molecular formula is C20H18CoN2O9. The number of hydrogen-bond donors (Lipinski definition) is 2. The van der Waals surface area contributed by atoms with Crippen molar-refractivity contribution in [2.75, 3.05) is 0 Å². The van der Waals surface area contributed by atoms with E-state index in [0.29, 0.717) is 10.8 Å². The fourth-order valence-electron chi connectivity index (χ4n) is 2.49. The molecule has 0 unspecified atom stereocenters. The van der Waals surface area contributed by atoms with Crippen molar-refractivity contribution in [1.82, 2.24) is 9.97 Å². The maximum Gasteiger partial charge on any atom is 2.00 e. The monoisotopic (exact) mass is 489 g/mol. The SMILES string of the molecule is O.O.O.O=C([O-])c1ccc2cccc(O)c2n1.O=C([O-])c1ccc2cccc(O)c2n1.[Co+2]. The third kappa shape index (κ3) is 6.60. The van der Waals surface area contributed by atoms with Gasteiger partial charge in [0, 0.05) is 10.8 Å². The molecule has 32 heavy (non-hydrogen) atoms. The first kappa shape index (κ1) is 30.4. The molecule has 11 nitrogen and oxygen atoms in total. The van der Waals surface area contributed by atoms with Crippen LogP contribution < -0.4 is 10.2 Å². The van der Waals surface area contributed by atoms with E-state index in [1.54, 1.807) is 36.4 Å². The molecule has 2 heterocycles. The van der Waals surface area contributed by atoms with Crippen molar-refractivity contribution in [1.29, 1.82) is 0 Å². The molecule has 0 bridgehead atoms. The summed E-state index contributed by atoms with van der Waals surface area (Å²) in [7, 11) is 0. The van der Waals surface area contributed by atoms with Crippen molar-refractivity contribution in [3.63, 3.8) is 0 Å². The number of carboxylic acids is 2. The molecule has 0 aliphatic heterocycles. The van der Waals surface area contributed by atoms with Crippen LogP contribution in [0.2, 0.25) is 0 Å². The molecule has 171 valence electrons. The van der Waals surface area contributed by atoms with E-state index < -0.39 is 11.9 Å². The minimum Gasteiger partial charge on any atom is -0.543 e. The van der Waals surface area contributed by atoms with E-state index in [0.717, 1.165) is 0 Å². The topological polar surface area (TPSA) is 241 Å². The Labute approximate surface area is 190 Å². The van der Waals surface area contributed by atoms with Crippen LogP contribution in [0.1, 0.15) is 21.0 Å². The maximum absolute atomic E-state index is 10.5. The summed E-state index contributed by atoms with van der Waals surface area (Å²) in [6.45, 7) is 0. The van der Waals surface area contributed by atoms with Gasteiger partial charge in [0.05, 0.1) is 23.3 Å². The Balaban J connectivity index is 0. The fourth-order valence-corrected chi connectivity index (χ4v) is 2.49. The second-order valence-corrected chi connectivity index (χ2v) is 5.67. The van der Waals surface area contributed by atoms with Crippen LogP contribution in [0, 0.1) is 0 Å². The summed E-state index contributed by atoms with van der Waals surface area (Å²) >= 11 is 0. The van der Waals surface area contributed by atoms with E-state index in [2.05, 4.69) is 9.97 Å². The largest absolute Gasteiger partial charge is 2.00 e. The molecular weight excluding hydrogens is 471 g/mol. The molecule has 0 atom stereocenters. The molecule has 0 amide bonds.